The second kappa shape index (κ2) is 7.60. The van der Waals surface area contributed by atoms with E-state index < -0.39 is 5.92 Å². The quantitative estimate of drug-likeness (QED) is 0.690. The molecule has 1 atom stereocenters. The Hall–Kier alpha value is -3.92. The largest absolute Gasteiger partial charge is 0.497 e. The number of hydrogen-bond acceptors (Lipinski definition) is 6. The highest BCUT2D eigenvalue weighted by atomic mass is 16.5. The number of allylic oxidation sites excluding steroid dienone is 1. The van der Waals surface area contributed by atoms with Crippen LogP contribution in [-0.2, 0) is 0 Å². The van der Waals surface area contributed by atoms with E-state index in [0.717, 1.165) is 33.9 Å². The van der Waals surface area contributed by atoms with Gasteiger partial charge in [0.1, 0.15) is 23.1 Å². The second-order valence-electron chi connectivity index (χ2n) is 6.48. The predicted octanol–water partition coefficient (Wildman–Crippen LogP) is 3.70. The van der Waals surface area contributed by atoms with Crippen molar-refractivity contribution in [2.24, 2.45) is 5.73 Å². The molecule has 0 aliphatic carbocycles. The monoisotopic (exact) mass is 388 g/mol. The van der Waals surface area contributed by atoms with Crippen molar-refractivity contribution < 1.29 is 14.2 Å². The Labute approximate surface area is 168 Å². The zero-order valence-electron chi connectivity index (χ0n) is 16.1. The van der Waals surface area contributed by atoms with Crippen molar-refractivity contribution in [3.05, 3.63) is 71.1 Å². The van der Waals surface area contributed by atoms with E-state index in [4.69, 9.17) is 19.9 Å². The van der Waals surface area contributed by atoms with Crippen molar-refractivity contribution in [2.75, 3.05) is 13.7 Å². The summed E-state index contributed by atoms with van der Waals surface area (Å²) in [4.78, 5) is 0. The number of hydrogen-bond donors (Lipinski definition) is 2. The number of aromatic amines is 1. The van der Waals surface area contributed by atoms with Crippen molar-refractivity contribution in [3.63, 3.8) is 0 Å². The molecule has 7 heteroatoms. The fourth-order valence-corrected chi connectivity index (χ4v) is 3.50. The summed E-state index contributed by atoms with van der Waals surface area (Å²) < 4.78 is 16.5. The molecule has 1 aromatic heterocycles. The minimum absolute atomic E-state index is 0.0579. The summed E-state index contributed by atoms with van der Waals surface area (Å²) in [5.41, 5.74) is 9.65. The highest BCUT2D eigenvalue weighted by molar-refractivity contribution is 5.71. The van der Waals surface area contributed by atoms with E-state index in [-0.39, 0.29) is 5.88 Å². The molecule has 0 bridgehead atoms. The van der Waals surface area contributed by atoms with E-state index in [1.807, 2.05) is 55.5 Å². The van der Waals surface area contributed by atoms with Crippen LogP contribution in [0.3, 0.4) is 0 Å². The van der Waals surface area contributed by atoms with Gasteiger partial charge in [0.25, 0.3) is 0 Å². The molecule has 1 unspecified atom stereocenters. The van der Waals surface area contributed by atoms with Crippen molar-refractivity contribution >= 4 is 0 Å². The van der Waals surface area contributed by atoms with Gasteiger partial charge in [-0.15, -0.1) is 5.10 Å². The Morgan fingerprint density at radius 1 is 1.21 bits per heavy atom. The first-order valence-corrected chi connectivity index (χ1v) is 9.19. The lowest BCUT2D eigenvalue weighted by molar-refractivity contribution is 0.340. The van der Waals surface area contributed by atoms with Crippen LogP contribution in [0.5, 0.6) is 17.4 Å². The standard InChI is InChI=1S/C22H20N4O3/c1-3-28-15-9-7-13(8-10-15)18-17(12-23)21(24)29-22-19(18)20(25-26-22)14-5-4-6-16(11-14)27-2/h4-11,18H,3,24H2,1-2H3,(H,25,26). The van der Waals surface area contributed by atoms with Crippen molar-refractivity contribution in [3.8, 4) is 34.7 Å². The Balaban J connectivity index is 1.87. The van der Waals surface area contributed by atoms with E-state index in [2.05, 4.69) is 16.3 Å². The summed E-state index contributed by atoms with van der Waals surface area (Å²) in [5.74, 6) is 1.48. The Bertz CT molecular complexity index is 1110. The predicted molar refractivity (Wildman–Crippen MR) is 107 cm³/mol. The summed E-state index contributed by atoms with van der Waals surface area (Å²) in [6.07, 6.45) is 0. The zero-order valence-corrected chi connectivity index (χ0v) is 16.1. The summed E-state index contributed by atoms with van der Waals surface area (Å²) in [6.45, 7) is 2.51. The van der Waals surface area contributed by atoms with Crippen LogP contribution in [0.15, 0.2) is 60.0 Å². The molecule has 29 heavy (non-hydrogen) atoms. The van der Waals surface area contributed by atoms with Crippen LogP contribution < -0.4 is 19.9 Å². The number of aromatic nitrogens is 2. The summed E-state index contributed by atoms with van der Waals surface area (Å²) in [5, 5.41) is 17.1. The van der Waals surface area contributed by atoms with Crippen LogP contribution in [0.1, 0.15) is 24.0 Å². The maximum atomic E-state index is 9.80. The smallest absolute Gasteiger partial charge is 0.244 e. The van der Waals surface area contributed by atoms with Gasteiger partial charge in [-0.2, -0.15) is 5.26 Å². The zero-order chi connectivity index (χ0) is 20.4. The second-order valence-corrected chi connectivity index (χ2v) is 6.48. The average Bonchev–Trinajstić information content (AvgIpc) is 3.17. The van der Waals surface area contributed by atoms with Gasteiger partial charge in [-0.1, -0.05) is 24.3 Å². The Morgan fingerprint density at radius 2 is 2.00 bits per heavy atom. The summed E-state index contributed by atoms with van der Waals surface area (Å²) in [7, 11) is 1.62. The molecule has 7 nitrogen and oxygen atoms in total. The van der Waals surface area contributed by atoms with E-state index in [9.17, 15) is 5.26 Å². The van der Waals surface area contributed by atoms with Crippen molar-refractivity contribution in [2.45, 2.75) is 12.8 Å². The number of nitrogens with zero attached hydrogens (tertiary/aromatic N) is 2. The minimum atomic E-state index is -0.417. The van der Waals surface area contributed by atoms with Crippen molar-refractivity contribution in [1.82, 2.24) is 10.2 Å². The molecule has 1 aliphatic rings. The minimum Gasteiger partial charge on any atom is -0.497 e. The van der Waals surface area contributed by atoms with Gasteiger partial charge in [-0.3, -0.25) is 5.10 Å². The van der Waals surface area contributed by atoms with E-state index in [1.54, 1.807) is 7.11 Å². The van der Waals surface area contributed by atoms with Gasteiger partial charge in [0.2, 0.25) is 11.8 Å². The van der Waals surface area contributed by atoms with Gasteiger partial charge in [-0.25, -0.2) is 0 Å². The molecule has 0 saturated carbocycles. The maximum Gasteiger partial charge on any atom is 0.244 e. The van der Waals surface area contributed by atoms with Crippen LogP contribution in [0.25, 0.3) is 11.3 Å². The molecule has 146 valence electrons. The van der Waals surface area contributed by atoms with Crippen LogP contribution in [0.2, 0.25) is 0 Å². The molecule has 3 aromatic rings. The van der Waals surface area contributed by atoms with Gasteiger partial charge in [-0.05, 0) is 36.8 Å². The van der Waals surface area contributed by atoms with Crippen molar-refractivity contribution in [1.29, 1.82) is 5.26 Å². The molecule has 4 rings (SSSR count). The fraction of sp³-hybridized carbons (Fsp3) is 0.182. The van der Waals surface area contributed by atoms with Crippen LogP contribution in [-0.4, -0.2) is 23.9 Å². The number of nitrogens with one attached hydrogen (secondary N) is 1. The molecular weight excluding hydrogens is 368 g/mol. The fourth-order valence-electron chi connectivity index (χ4n) is 3.50. The van der Waals surface area contributed by atoms with Gasteiger partial charge in [0.15, 0.2) is 0 Å². The SMILES string of the molecule is CCOc1ccc(C2C(C#N)=C(N)Oc3n[nH]c(-c4cccc(OC)c4)c32)cc1. The molecule has 0 radical (unpaired) electrons. The van der Waals surface area contributed by atoms with Gasteiger partial charge >= 0.3 is 0 Å². The third kappa shape index (κ3) is 3.25. The molecule has 3 N–H and O–H groups in total. The number of methoxy groups -OCH3 is 1. The average molecular weight is 388 g/mol. The molecule has 2 aromatic carbocycles. The highest BCUT2D eigenvalue weighted by Gasteiger charge is 2.35. The molecular formula is C22H20N4O3. The number of benzene rings is 2. The van der Waals surface area contributed by atoms with Crippen LogP contribution in [0, 0.1) is 11.3 Å². The number of nitriles is 1. The number of ether oxygens (including phenoxy) is 3. The van der Waals surface area contributed by atoms with E-state index in [1.165, 1.54) is 0 Å². The number of H-pyrrole nitrogens is 1. The van der Waals surface area contributed by atoms with Gasteiger partial charge in [0, 0.05) is 5.56 Å². The van der Waals surface area contributed by atoms with Crippen LogP contribution >= 0.6 is 0 Å². The van der Waals surface area contributed by atoms with E-state index in [0.29, 0.717) is 18.1 Å². The molecule has 2 heterocycles. The third-order valence-electron chi connectivity index (χ3n) is 4.82. The number of rotatable bonds is 5. The summed E-state index contributed by atoms with van der Waals surface area (Å²) in [6, 6.07) is 17.4. The lowest BCUT2D eigenvalue weighted by Crippen LogP contribution is -2.21. The van der Waals surface area contributed by atoms with Gasteiger partial charge < -0.3 is 19.9 Å². The Morgan fingerprint density at radius 3 is 2.69 bits per heavy atom. The third-order valence-corrected chi connectivity index (χ3v) is 4.82. The summed E-state index contributed by atoms with van der Waals surface area (Å²) >= 11 is 0. The first kappa shape index (κ1) is 18.4. The Kier molecular flexibility index (Phi) is 4.83. The highest BCUT2D eigenvalue weighted by Crippen LogP contribution is 2.46. The first-order valence-electron chi connectivity index (χ1n) is 9.19. The molecule has 1 aliphatic heterocycles. The molecule has 0 spiro atoms. The molecule has 0 saturated heterocycles. The lowest BCUT2D eigenvalue weighted by atomic mass is 9.83. The van der Waals surface area contributed by atoms with Gasteiger partial charge in [0.05, 0.1) is 30.9 Å². The topological polar surface area (TPSA) is 106 Å². The van der Waals surface area contributed by atoms with E-state index >= 15 is 0 Å². The number of fused-ring (bicyclic) bond motifs is 1. The molecule has 0 fully saturated rings. The maximum absolute atomic E-state index is 9.80. The lowest BCUT2D eigenvalue weighted by Gasteiger charge is -2.24. The van der Waals surface area contributed by atoms with Crippen LogP contribution in [0.4, 0.5) is 0 Å². The number of nitrogens with two attached hydrogens (primary N) is 1. The molecule has 0 amide bonds. The first-order chi connectivity index (χ1) is 14.2. The normalized spacial score (nSPS) is 15.3.